The lowest BCUT2D eigenvalue weighted by molar-refractivity contribution is -0.127. The molecule has 5 heteroatoms. The fourth-order valence-electron chi connectivity index (χ4n) is 1.97. The van der Waals surface area contributed by atoms with Crippen LogP contribution in [0.5, 0.6) is 5.75 Å². The minimum absolute atomic E-state index is 0.0820. The second-order valence-electron chi connectivity index (χ2n) is 5.64. The standard InChI is InChI=1S/C16H25BrN2O2/c1-10(2)8-19-16(20)12(4)21-15-11(3)6-14(17)7-13(15)9-18-5/h6-7,10,12,18H,8-9H2,1-5H3,(H,19,20). The van der Waals surface area contributed by atoms with Gasteiger partial charge in [-0.3, -0.25) is 4.79 Å². The number of carbonyl (C=O) groups is 1. The third-order valence-corrected chi connectivity index (χ3v) is 3.49. The van der Waals surface area contributed by atoms with Crippen molar-refractivity contribution >= 4 is 21.8 Å². The molecule has 0 bridgehead atoms. The van der Waals surface area contributed by atoms with Gasteiger partial charge in [-0.1, -0.05) is 29.8 Å². The third-order valence-electron chi connectivity index (χ3n) is 3.03. The fourth-order valence-corrected chi connectivity index (χ4v) is 2.59. The van der Waals surface area contributed by atoms with E-state index in [1.807, 2.05) is 26.1 Å². The van der Waals surface area contributed by atoms with Crippen LogP contribution in [0.2, 0.25) is 0 Å². The number of hydrogen-bond donors (Lipinski definition) is 2. The van der Waals surface area contributed by atoms with E-state index in [1.165, 1.54) is 0 Å². The van der Waals surface area contributed by atoms with Crippen LogP contribution in [-0.4, -0.2) is 25.6 Å². The Hall–Kier alpha value is -1.07. The quantitative estimate of drug-likeness (QED) is 0.789. The number of rotatable bonds is 7. The van der Waals surface area contributed by atoms with Crippen molar-refractivity contribution in [2.24, 2.45) is 5.92 Å². The number of benzene rings is 1. The van der Waals surface area contributed by atoms with Crippen LogP contribution >= 0.6 is 15.9 Å². The Kier molecular flexibility index (Phi) is 7.18. The maximum atomic E-state index is 12.0. The molecule has 0 aromatic heterocycles. The molecule has 0 heterocycles. The Morgan fingerprint density at radius 3 is 2.57 bits per heavy atom. The van der Waals surface area contributed by atoms with Crippen LogP contribution in [0.4, 0.5) is 0 Å². The van der Waals surface area contributed by atoms with Gasteiger partial charge in [0.25, 0.3) is 5.91 Å². The van der Waals surface area contributed by atoms with Gasteiger partial charge in [0, 0.05) is 23.1 Å². The molecule has 0 saturated heterocycles. The van der Waals surface area contributed by atoms with E-state index in [0.717, 1.165) is 21.3 Å². The molecular weight excluding hydrogens is 332 g/mol. The number of hydrogen-bond acceptors (Lipinski definition) is 3. The van der Waals surface area contributed by atoms with E-state index in [9.17, 15) is 4.79 Å². The summed E-state index contributed by atoms with van der Waals surface area (Å²) in [6.45, 7) is 9.24. The van der Waals surface area contributed by atoms with Crippen molar-refractivity contribution in [3.05, 3.63) is 27.7 Å². The summed E-state index contributed by atoms with van der Waals surface area (Å²) in [7, 11) is 1.89. The number of halogens is 1. The molecule has 1 unspecified atom stereocenters. The minimum Gasteiger partial charge on any atom is -0.480 e. The number of nitrogens with one attached hydrogen (secondary N) is 2. The molecule has 2 N–H and O–H groups in total. The van der Waals surface area contributed by atoms with E-state index in [2.05, 4.69) is 40.4 Å². The lowest BCUT2D eigenvalue weighted by atomic mass is 10.1. The van der Waals surface area contributed by atoms with Gasteiger partial charge in [0.1, 0.15) is 5.75 Å². The van der Waals surface area contributed by atoms with Crippen molar-refractivity contribution in [2.45, 2.75) is 40.3 Å². The van der Waals surface area contributed by atoms with Gasteiger partial charge < -0.3 is 15.4 Å². The first-order valence-electron chi connectivity index (χ1n) is 7.23. The van der Waals surface area contributed by atoms with Crippen molar-refractivity contribution in [2.75, 3.05) is 13.6 Å². The maximum Gasteiger partial charge on any atom is 0.260 e. The molecule has 0 radical (unpaired) electrons. The molecule has 21 heavy (non-hydrogen) atoms. The molecule has 1 amide bonds. The Morgan fingerprint density at radius 2 is 2.00 bits per heavy atom. The van der Waals surface area contributed by atoms with Crippen LogP contribution in [0.1, 0.15) is 31.9 Å². The highest BCUT2D eigenvalue weighted by Crippen LogP contribution is 2.29. The minimum atomic E-state index is -0.515. The predicted octanol–water partition coefficient (Wildman–Crippen LogP) is 3.02. The summed E-state index contributed by atoms with van der Waals surface area (Å²) in [5, 5.41) is 6.02. The van der Waals surface area contributed by atoms with Gasteiger partial charge in [-0.25, -0.2) is 0 Å². The lowest BCUT2D eigenvalue weighted by Crippen LogP contribution is -2.38. The van der Waals surface area contributed by atoms with E-state index in [0.29, 0.717) is 19.0 Å². The van der Waals surface area contributed by atoms with Crippen LogP contribution in [0, 0.1) is 12.8 Å². The SMILES string of the molecule is CNCc1cc(Br)cc(C)c1OC(C)C(=O)NCC(C)C. The Labute approximate surface area is 135 Å². The van der Waals surface area contributed by atoms with Crippen LogP contribution in [-0.2, 0) is 11.3 Å². The largest absolute Gasteiger partial charge is 0.480 e. The lowest BCUT2D eigenvalue weighted by Gasteiger charge is -2.20. The molecule has 0 aliphatic heterocycles. The highest BCUT2D eigenvalue weighted by Gasteiger charge is 2.18. The predicted molar refractivity (Wildman–Crippen MR) is 89.6 cm³/mol. The van der Waals surface area contributed by atoms with Gasteiger partial charge >= 0.3 is 0 Å². The first-order chi connectivity index (χ1) is 9.85. The first kappa shape index (κ1) is 18.0. The molecular formula is C16H25BrN2O2. The Morgan fingerprint density at radius 1 is 1.33 bits per heavy atom. The summed E-state index contributed by atoms with van der Waals surface area (Å²) >= 11 is 3.49. The first-order valence-corrected chi connectivity index (χ1v) is 8.02. The average molecular weight is 357 g/mol. The second kappa shape index (κ2) is 8.39. The topological polar surface area (TPSA) is 50.4 Å². The monoisotopic (exact) mass is 356 g/mol. The molecule has 1 atom stereocenters. The Balaban J connectivity index is 2.83. The van der Waals surface area contributed by atoms with E-state index >= 15 is 0 Å². The highest BCUT2D eigenvalue weighted by molar-refractivity contribution is 9.10. The molecule has 4 nitrogen and oxygen atoms in total. The van der Waals surface area contributed by atoms with Crippen molar-refractivity contribution in [1.29, 1.82) is 0 Å². The van der Waals surface area contributed by atoms with Gasteiger partial charge in [0.05, 0.1) is 0 Å². The van der Waals surface area contributed by atoms with E-state index in [4.69, 9.17) is 4.74 Å². The van der Waals surface area contributed by atoms with Gasteiger partial charge in [-0.2, -0.15) is 0 Å². The van der Waals surface area contributed by atoms with Gasteiger partial charge in [-0.05, 0) is 44.5 Å². The normalized spacial score (nSPS) is 12.3. The van der Waals surface area contributed by atoms with E-state index in [-0.39, 0.29) is 5.91 Å². The molecule has 118 valence electrons. The third kappa shape index (κ3) is 5.67. The van der Waals surface area contributed by atoms with E-state index in [1.54, 1.807) is 6.92 Å². The molecule has 0 aliphatic rings. The van der Waals surface area contributed by atoms with Crippen LogP contribution in [0.3, 0.4) is 0 Å². The molecule has 1 aromatic rings. The average Bonchev–Trinajstić information content (AvgIpc) is 2.39. The van der Waals surface area contributed by atoms with Crippen LogP contribution in [0.15, 0.2) is 16.6 Å². The van der Waals surface area contributed by atoms with Gasteiger partial charge in [0.15, 0.2) is 6.10 Å². The fraction of sp³-hybridized carbons (Fsp3) is 0.562. The van der Waals surface area contributed by atoms with Crippen LogP contribution < -0.4 is 15.4 Å². The van der Waals surface area contributed by atoms with Crippen molar-refractivity contribution in [3.8, 4) is 5.75 Å². The molecule has 0 spiro atoms. The van der Waals surface area contributed by atoms with E-state index < -0.39 is 6.10 Å². The van der Waals surface area contributed by atoms with Crippen molar-refractivity contribution < 1.29 is 9.53 Å². The summed E-state index contributed by atoms with van der Waals surface area (Å²) in [6, 6.07) is 4.00. The summed E-state index contributed by atoms with van der Waals surface area (Å²) in [5.74, 6) is 1.12. The van der Waals surface area contributed by atoms with Crippen LogP contribution in [0.25, 0.3) is 0 Å². The zero-order chi connectivity index (χ0) is 16.0. The summed E-state index contributed by atoms with van der Waals surface area (Å²) in [6.07, 6.45) is -0.515. The molecule has 0 saturated carbocycles. The zero-order valence-electron chi connectivity index (χ0n) is 13.4. The van der Waals surface area contributed by atoms with Gasteiger partial charge in [-0.15, -0.1) is 0 Å². The Bertz CT molecular complexity index is 489. The summed E-state index contributed by atoms with van der Waals surface area (Å²) < 4.78 is 6.91. The smallest absolute Gasteiger partial charge is 0.260 e. The molecule has 0 fully saturated rings. The summed E-state index contributed by atoms with van der Waals surface area (Å²) in [5.41, 5.74) is 2.05. The molecule has 1 rings (SSSR count). The summed E-state index contributed by atoms with van der Waals surface area (Å²) in [4.78, 5) is 12.0. The number of aryl methyl sites for hydroxylation is 1. The highest BCUT2D eigenvalue weighted by atomic mass is 79.9. The maximum absolute atomic E-state index is 12.0. The zero-order valence-corrected chi connectivity index (χ0v) is 15.0. The second-order valence-corrected chi connectivity index (χ2v) is 6.56. The number of carbonyl (C=O) groups excluding carboxylic acids is 1. The molecule has 1 aromatic carbocycles. The van der Waals surface area contributed by atoms with Crippen molar-refractivity contribution in [3.63, 3.8) is 0 Å². The van der Waals surface area contributed by atoms with Crippen molar-refractivity contribution in [1.82, 2.24) is 10.6 Å². The number of amides is 1. The van der Waals surface area contributed by atoms with Gasteiger partial charge in [0.2, 0.25) is 0 Å². The molecule has 0 aliphatic carbocycles. The number of ether oxygens (including phenoxy) is 1.